The van der Waals surface area contributed by atoms with Gasteiger partial charge in [-0.15, -0.1) is 0 Å². The molecular weight excluding hydrogens is 308 g/mol. The molecule has 0 saturated carbocycles. The van der Waals surface area contributed by atoms with Gasteiger partial charge in [-0.2, -0.15) is 4.31 Å². The second-order valence-corrected chi connectivity index (χ2v) is 8.03. The standard InChI is InChI=1S/C15H23ClN2O2S/c1-3-7-17-10-13-4-5-14(9-15(13)16)21(19,20)18-8-6-12(2)11-18/h4-5,9,12,17H,3,6-8,10-11H2,1-2H3. The predicted molar refractivity (Wildman–Crippen MR) is 86.0 cm³/mol. The van der Waals surface area contributed by atoms with Crippen molar-refractivity contribution in [3.05, 3.63) is 28.8 Å². The first-order chi connectivity index (χ1) is 9.95. The van der Waals surface area contributed by atoms with Crippen LogP contribution >= 0.6 is 11.6 Å². The van der Waals surface area contributed by atoms with E-state index < -0.39 is 10.0 Å². The first-order valence-electron chi connectivity index (χ1n) is 7.44. The van der Waals surface area contributed by atoms with Gasteiger partial charge < -0.3 is 5.32 Å². The summed E-state index contributed by atoms with van der Waals surface area (Å²) < 4.78 is 26.7. The third-order valence-corrected chi connectivity index (χ3v) is 6.00. The zero-order chi connectivity index (χ0) is 15.5. The van der Waals surface area contributed by atoms with Gasteiger partial charge in [-0.3, -0.25) is 0 Å². The second kappa shape index (κ2) is 7.09. The third kappa shape index (κ3) is 3.97. The molecule has 4 nitrogen and oxygen atoms in total. The highest BCUT2D eigenvalue weighted by Gasteiger charge is 2.30. The van der Waals surface area contributed by atoms with Crippen LogP contribution in [-0.4, -0.2) is 32.4 Å². The van der Waals surface area contributed by atoms with Crippen LogP contribution in [0.3, 0.4) is 0 Å². The molecular formula is C15H23ClN2O2S. The molecule has 6 heteroatoms. The monoisotopic (exact) mass is 330 g/mol. The molecule has 1 atom stereocenters. The molecule has 1 N–H and O–H groups in total. The van der Waals surface area contributed by atoms with E-state index in [4.69, 9.17) is 11.6 Å². The molecule has 0 spiro atoms. The van der Waals surface area contributed by atoms with Crippen molar-refractivity contribution in [1.29, 1.82) is 0 Å². The van der Waals surface area contributed by atoms with E-state index in [0.717, 1.165) is 24.9 Å². The average molecular weight is 331 g/mol. The molecule has 0 bridgehead atoms. The Kier molecular flexibility index (Phi) is 5.66. The Morgan fingerprint density at radius 3 is 2.76 bits per heavy atom. The Labute approximate surface area is 132 Å². The number of nitrogens with one attached hydrogen (secondary N) is 1. The summed E-state index contributed by atoms with van der Waals surface area (Å²) in [5.74, 6) is 0.424. The summed E-state index contributed by atoms with van der Waals surface area (Å²) in [6.45, 7) is 6.95. The summed E-state index contributed by atoms with van der Waals surface area (Å²) in [5, 5.41) is 3.77. The van der Waals surface area contributed by atoms with E-state index in [0.29, 0.717) is 35.5 Å². The van der Waals surface area contributed by atoms with E-state index >= 15 is 0 Å². The van der Waals surface area contributed by atoms with E-state index in [2.05, 4.69) is 19.2 Å². The average Bonchev–Trinajstić information content (AvgIpc) is 2.88. The SMILES string of the molecule is CCCNCc1ccc(S(=O)(=O)N2CCC(C)C2)cc1Cl. The molecule has 1 fully saturated rings. The Bertz CT molecular complexity index is 589. The van der Waals surface area contributed by atoms with E-state index in [1.54, 1.807) is 22.5 Å². The van der Waals surface area contributed by atoms with Crippen LogP contribution in [0.25, 0.3) is 0 Å². The van der Waals surface area contributed by atoms with Crippen LogP contribution in [0.2, 0.25) is 5.02 Å². The van der Waals surface area contributed by atoms with Gasteiger partial charge >= 0.3 is 0 Å². The fourth-order valence-corrected chi connectivity index (χ4v) is 4.41. The molecule has 1 aliphatic heterocycles. The summed E-state index contributed by atoms with van der Waals surface area (Å²) in [6, 6.07) is 5.04. The molecule has 2 rings (SSSR count). The molecule has 1 saturated heterocycles. The highest BCUT2D eigenvalue weighted by atomic mass is 35.5. The van der Waals surface area contributed by atoms with Gasteiger partial charge in [0, 0.05) is 24.7 Å². The Balaban J connectivity index is 2.15. The molecule has 1 heterocycles. The topological polar surface area (TPSA) is 49.4 Å². The molecule has 0 radical (unpaired) electrons. The summed E-state index contributed by atoms with van der Waals surface area (Å²) in [6.07, 6.45) is 1.98. The number of hydrogen-bond acceptors (Lipinski definition) is 3. The zero-order valence-electron chi connectivity index (χ0n) is 12.6. The fraction of sp³-hybridized carbons (Fsp3) is 0.600. The fourth-order valence-electron chi connectivity index (χ4n) is 2.49. The van der Waals surface area contributed by atoms with Gasteiger partial charge in [-0.1, -0.05) is 31.5 Å². The normalized spacial score (nSPS) is 20.0. The number of halogens is 1. The first kappa shape index (κ1) is 16.7. The van der Waals surface area contributed by atoms with Crippen molar-refractivity contribution >= 4 is 21.6 Å². The van der Waals surface area contributed by atoms with Gasteiger partial charge in [-0.05, 0) is 43.0 Å². The second-order valence-electron chi connectivity index (χ2n) is 5.69. The highest BCUT2D eigenvalue weighted by Crippen LogP contribution is 2.27. The van der Waals surface area contributed by atoms with Gasteiger partial charge in [0.1, 0.15) is 0 Å². The molecule has 1 unspecified atom stereocenters. The minimum atomic E-state index is -3.41. The third-order valence-electron chi connectivity index (χ3n) is 3.79. The van der Waals surface area contributed by atoms with Crippen LogP contribution in [-0.2, 0) is 16.6 Å². The van der Waals surface area contributed by atoms with Crippen LogP contribution in [0.1, 0.15) is 32.3 Å². The number of sulfonamides is 1. The van der Waals surface area contributed by atoms with Gasteiger partial charge in [0.2, 0.25) is 10.0 Å². The van der Waals surface area contributed by atoms with Crippen molar-refractivity contribution in [2.45, 2.75) is 38.1 Å². The van der Waals surface area contributed by atoms with Gasteiger partial charge in [0.15, 0.2) is 0 Å². The van der Waals surface area contributed by atoms with E-state index in [-0.39, 0.29) is 0 Å². The molecule has 0 aromatic heterocycles. The number of benzene rings is 1. The van der Waals surface area contributed by atoms with Gasteiger partial charge in [0.05, 0.1) is 4.90 Å². The lowest BCUT2D eigenvalue weighted by Crippen LogP contribution is -2.28. The number of rotatable bonds is 6. The Hall–Kier alpha value is -0.620. The molecule has 1 aromatic carbocycles. The highest BCUT2D eigenvalue weighted by molar-refractivity contribution is 7.89. The van der Waals surface area contributed by atoms with Crippen molar-refractivity contribution in [1.82, 2.24) is 9.62 Å². The molecule has 0 aliphatic carbocycles. The predicted octanol–water partition coefficient (Wildman–Crippen LogP) is 2.87. The molecule has 118 valence electrons. The Morgan fingerprint density at radius 1 is 1.43 bits per heavy atom. The smallest absolute Gasteiger partial charge is 0.243 e. The number of nitrogens with zero attached hydrogens (tertiary/aromatic N) is 1. The maximum absolute atomic E-state index is 12.6. The molecule has 1 aliphatic rings. The first-order valence-corrected chi connectivity index (χ1v) is 9.26. The number of hydrogen-bond donors (Lipinski definition) is 1. The van der Waals surface area contributed by atoms with E-state index in [9.17, 15) is 8.42 Å². The zero-order valence-corrected chi connectivity index (χ0v) is 14.2. The Morgan fingerprint density at radius 2 is 2.19 bits per heavy atom. The van der Waals surface area contributed by atoms with Crippen molar-refractivity contribution in [2.75, 3.05) is 19.6 Å². The van der Waals surface area contributed by atoms with Crippen LogP contribution < -0.4 is 5.32 Å². The quantitative estimate of drug-likeness (QED) is 0.816. The summed E-state index contributed by atoms with van der Waals surface area (Å²) in [5.41, 5.74) is 0.929. The lowest BCUT2D eigenvalue weighted by atomic mass is 10.2. The van der Waals surface area contributed by atoms with Gasteiger partial charge in [0.25, 0.3) is 0 Å². The van der Waals surface area contributed by atoms with Crippen LogP contribution in [0.5, 0.6) is 0 Å². The minimum Gasteiger partial charge on any atom is -0.313 e. The lowest BCUT2D eigenvalue weighted by Gasteiger charge is -2.17. The van der Waals surface area contributed by atoms with Crippen LogP contribution in [0.15, 0.2) is 23.1 Å². The minimum absolute atomic E-state index is 0.292. The maximum Gasteiger partial charge on any atom is 0.243 e. The largest absolute Gasteiger partial charge is 0.313 e. The van der Waals surface area contributed by atoms with E-state index in [1.165, 1.54) is 0 Å². The molecule has 21 heavy (non-hydrogen) atoms. The summed E-state index contributed by atoms with van der Waals surface area (Å²) >= 11 is 6.23. The summed E-state index contributed by atoms with van der Waals surface area (Å²) in [4.78, 5) is 0.292. The van der Waals surface area contributed by atoms with Crippen molar-refractivity contribution in [3.8, 4) is 0 Å². The van der Waals surface area contributed by atoms with Crippen molar-refractivity contribution < 1.29 is 8.42 Å². The lowest BCUT2D eigenvalue weighted by molar-refractivity contribution is 0.464. The van der Waals surface area contributed by atoms with Crippen molar-refractivity contribution in [2.24, 2.45) is 5.92 Å². The van der Waals surface area contributed by atoms with Crippen LogP contribution in [0, 0.1) is 5.92 Å². The van der Waals surface area contributed by atoms with E-state index in [1.807, 2.05) is 0 Å². The van der Waals surface area contributed by atoms with Gasteiger partial charge in [-0.25, -0.2) is 8.42 Å². The maximum atomic E-state index is 12.6. The molecule has 0 amide bonds. The summed E-state index contributed by atoms with van der Waals surface area (Å²) in [7, 11) is -3.41. The van der Waals surface area contributed by atoms with Crippen molar-refractivity contribution in [3.63, 3.8) is 0 Å². The molecule has 1 aromatic rings. The van der Waals surface area contributed by atoms with Crippen LogP contribution in [0.4, 0.5) is 0 Å².